The molecule has 28 heavy (non-hydrogen) atoms. The van der Waals surface area contributed by atoms with Crippen LogP contribution >= 0.6 is 11.8 Å². The summed E-state index contributed by atoms with van der Waals surface area (Å²) in [5.41, 5.74) is 2.85. The van der Waals surface area contributed by atoms with E-state index in [9.17, 15) is 4.79 Å². The topological polar surface area (TPSA) is 51.0 Å². The Balaban J connectivity index is 1.45. The number of likely N-dealkylation sites (tertiary alicyclic amines) is 1. The summed E-state index contributed by atoms with van der Waals surface area (Å²) in [5.74, 6) is 1.50. The van der Waals surface area contributed by atoms with Gasteiger partial charge in [-0.2, -0.15) is 0 Å². The Bertz CT molecular complexity index is 906. The van der Waals surface area contributed by atoms with Gasteiger partial charge in [0.15, 0.2) is 11.0 Å². The molecule has 2 fully saturated rings. The molecule has 2 atom stereocenters. The van der Waals surface area contributed by atoms with Crippen LogP contribution in [0.25, 0.3) is 11.4 Å². The zero-order valence-electron chi connectivity index (χ0n) is 17.5. The molecule has 1 aliphatic carbocycles. The Hall–Kier alpha value is -1.82. The van der Waals surface area contributed by atoms with Crippen LogP contribution in [0, 0.1) is 17.8 Å². The highest BCUT2D eigenvalue weighted by Crippen LogP contribution is 2.52. The molecule has 0 unspecified atom stereocenters. The van der Waals surface area contributed by atoms with E-state index in [4.69, 9.17) is 0 Å². The molecule has 0 radical (unpaired) electrons. The van der Waals surface area contributed by atoms with Gasteiger partial charge in [0.1, 0.15) is 0 Å². The molecule has 2 heterocycles. The molecule has 1 aromatic heterocycles. The number of carbonyl (C=O) groups is 1. The summed E-state index contributed by atoms with van der Waals surface area (Å²) >= 11 is 1.49. The van der Waals surface area contributed by atoms with Crippen molar-refractivity contribution in [1.82, 2.24) is 19.7 Å². The first-order valence-corrected chi connectivity index (χ1v) is 11.0. The maximum atomic E-state index is 13.0. The second-order valence-electron chi connectivity index (χ2n) is 9.70. The molecule has 2 bridgehead atoms. The van der Waals surface area contributed by atoms with Crippen molar-refractivity contribution >= 4 is 17.7 Å². The number of hydrogen-bond donors (Lipinski definition) is 0. The Kier molecular flexibility index (Phi) is 4.81. The van der Waals surface area contributed by atoms with Crippen molar-refractivity contribution in [2.45, 2.75) is 58.2 Å². The highest BCUT2D eigenvalue weighted by Gasteiger charge is 2.50. The van der Waals surface area contributed by atoms with Gasteiger partial charge < -0.3 is 9.47 Å². The lowest BCUT2D eigenvalue weighted by molar-refractivity contribution is -0.129. The Morgan fingerprint density at radius 1 is 1.21 bits per heavy atom. The molecule has 150 valence electrons. The number of fused-ring (bicyclic) bond motifs is 2. The molecule has 1 amide bonds. The maximum absolute atomic E-state index is 13.0. The average Bonchev–Trinajstić information content (AvgIpc) is 3.09. The minimum absolute atomic E-state index is 0.233. The molecule has 4 rings (SSSR count). The third-order valence-electron chi connectivity index (χ3n) is 6.28. The smallest absolute Gasteiger partial charge is 0.233 e. The van der Waals surface area contributed by atoms with E-state index >= 15 is 0 Å². The summed E-state index contributed by atoms with van der Waals surface area (Å²) in [4.78, 5) is 15.1. The molecule has 0 spiro atoms. The van der Waals surface area contributed by atoms with E-state index in [1.54, 1.807) is 0 Å². The number of aromatic nitrogens is 3. The van der Waals surface area contributed by atoms with Gasteiger partial charge in [0.2, 0.25) is 5.91 Å². The fourth-order valence-corrected chi connectivity index (χ4v) is 6.26. The zero-order valence-corrected chi connectivity index (χ0v) is 18.3. The Morgan fingerprint density at radius 2 is 1.96 bits per heavy atom. The van der Waals surface area contributed by atoms with Crippen molar-refractivity contribution in [2.75, 3.05) is 12.3 Å². The Labute approximate surface area is 171 Å². The molecule has 1 saturated carbocycles. The van der Waals surface area contributed by atoms with Crippen LogP contribution in [0.4, 0.5) is 0 Å². The SMILES string of the molecule is Cc1ccccc1-c1nnc(SCC(=O)N2C[C@]3(C)C[C@H]2CC(C)(C)C3)n1C. The van der Waals surface area contributed by atoms with E-state index in [-0.39, 0.29) is 11.3 Å². The predicted octanol–water partition coefficient (Wildman–Crippen LogP) is 4.31. The van der Waals surface area contributed by atoms with Crippen molar-refractivity contribution in [3.05, 3.63) is 29.8 Å². The van der Waals surface area contributed by atoms with Gasteiger partial charge in [0.05, 0.1) is 5.75 Å². The lowest BCUT2D eigenvalue weighted by atomic mass is 9.65. The van der Waals surface area contributed by atoms with E-state index in [1.165, 1.54) is 23.7 Å². The molecule has 1 aromatic carbocycles. The van der Waals surface area contributed by atoms with Gasteiger partial charge in [-0.25, -0.2) is 0 Å². The highest BCUT2D eigenvalue weighted by molar-refractivity contribution is 7.99. The molecule has 2 aliphatic rings. The molecule has 1 saturated heterocycles. The fraction of sp³-hybridized carbons (Fsp3) is 0.591. The maximum Gasteiger partial charge on any atom is 0.233 e. The first-order valence-electron chi connectivity index (χ1n) is 10.1. The molecule has 2 aromatic rings. The monoisotopic (exact) mass is 398 g/mol. The molecule has 0 N–H and O–H groups in total. The third-order valence-corrected chi connectivity index (χ3v) is 7.29. The lowest BCUT2D eigenvalue weighted by Crippen LogP contribution is -2.38. The zero-order chi connectivity index (χ0) is 20.1. The largest absolute Gasteiger partial charge is 0.338 e. The Morgan fingerprint density at radius 3 is 2.71 bits per heavy atom. The number of aryl methyl sites for hydroxylation is 1. The normalized spacial score (nSPS) is 25.9. The van der Waals surface area contributed by atoms with Crippen LogP contribution in [0.5, 0.6) is 0 Å². The summed E-state index contributed by atoms with van der Waals surface area (Å²) < 4.78 is 1.99. The van der Waals surface area contributed by atoms with Gasteiger partial charge in [-0.1, -0.05) is 56.8 Å². The van der Waals surface area contributed by atoms with Crippen molar-refractivity contribution in [3.63, 3.8) is 0 Å². The minimum Gasteiger partial charge on any atom is -0.338 e. The van der Waals surface area contributed by atoms with Crippen LogP contribution in [0.15, 0.2) is 29.4 Å². The van der Waals surface area contributed by atoms with Crippen LogP contribution in [0.3, 0.4) is 0 Å². The number of amides is 1. The summed E-state index contributed by atoms with van der Waals surface area (Å²) in [6.45, 7) is 10.00. The third kappa shape index (κ3) is 3.59. The van der Waals surface area contributed by atoms with E-state index in [0.29, 0.717) is 17.2 Å². The predicted molar refractivity (Wildman–Crippen MR) is 113 cm³/mol. The fourth-order valence-electron chi connectivity index (χ4n) is 5.46. The van der Waals surface area contributed by atoms with Crippen molar-refractivity contribution < 1.29 is 4.79 Å². The van der Waals surface area contributed by atoms with E-state index < -0.39 is 0 Å². The quantitative estimate of drug-likeness (QED) is 0.720. The van der Waals surface area contributed by atoms with E-state index in [0.717, 1.165) is 35.9 Å². The van der Waals surface area contributed by atoms with Gasteiger partial charge in [-0.15, -0.1) is 10.2 Å². The van der Waals surface area contributed by atoms with Crippen molar-refractivity contribution in [3.8, 4) is 11.4 Å². The number of rotatable bonds is 4. The van der Waals surface area contributed by atoms with Crippen LogP contribution in [0.2, 0.25) is 0 Å². The molecule has 6 heteroatoms. The lowest BCUT2D eigenvalue weighted by Gasteiger charge is -2.39. The number of benzene rings is 1. The first kappa shape index (κ1) is 19.5. The summed E-state index contributed by atoms with van der Waals surface area (Å²) in [6, 6.07) is 8.57. The highest BCUT2D eigenvalue weighted by atomic mass is 32.2. The van der Waals surface area contributed by atoms with Gasteiger partial charge in [0, 0.05) is 25.2 Å². The number of carbonyl (C=O) groups excluding carboxylic acids is 1. The standard InChI is InChI=1S/C22H30N4OS/c1-15-8-6-7-9-17(15)19-23-24-20(25(19)5)28-12-18(27)26-14-22(4)11-16(26)10-21(2,3)13-22/h6-9,16H,10-14H2,1-5H3/t16-,22-/m1/s1. The summed E-state index contributed by atoms with van der Waals surface area (Å²) in [5, 5.41) is 9.50. The van der Waals surface area contributed by atoms with E-state index in [1.807, 2.05) is 23.7 Å². The van der Waals surface area contributed by atoms with Crippen LogP contribution in [-0.4, -0.2) is 43.9 Å². The van der Waals surface area contributed by atoms with Crippen LogP contribution < -0.4 is 0 Å². The van der Waals surface area contributed by atoms with Gasteiger partial charge in [0.25, 0.3) is 0 Å². The van der Waals surface area contributed by atoms with Crippen LogP contribution in [-0.2, 0) is 11.8 Å². The van der Waals surface area contributed by atoms with Crippen molar-refractivity contribution in [2.24, 2.45) is 17.9 Å². The second kappa shape index (κ2) is 6.90. The molecular formula is C22H30N4OS. The molecular weight excluding hydrogens is 368 g/mol. The van der Waals surface area contributed by atoms with Gasteiger partial charge in [-0.05, 0) is 42.6 Å². The average molecular weight is 399 g/mol. The second-order valence-corrected chi connectivity index (χ2v) is 10.6. The van der Waals surface area contributed by atoms with Crippen LogP contribution in [0.1, 0.15) is 45.6 Å². The molecule has 5 nitrogen and oxygen atoms in total. The first-order chi connectivity index (χ1) is 13.2. The summed E-state index contributed by atoms with van der Waals surface area (Å²) in [7, 11) is 1.97. The number of thioether (sulfide) groups is 1. The minimum atomic E-state index is 0.233. The van der Waals surface area contributed by atoms with Gasteiger partial charge >= 0.3 is 0 Å². The molecule has 1 aliphatic heterocycles. The van der Waals surface area contributed by atoms with Crippen molar-refractivity contribution in [1.29, 1.82) is 0 Å². The number of nitrogens with zero attached hydrogens (tertiary/aromatic N) is 4. The van der Waals surface area contributed by atoms with Gasteiger partial charge in [-0.3, -0.25) is 4.79 Å². The van der Waals surface area contributed by atoms with E-state index in [2.05, 4.69) is 54.9 Å². The number of hydrogen-bond acceptors (Lipinski definition) is 4. The summed E-state index contributed by atoms with van der Waals surface area (Å²) in [6.07, 6.45) is 3.46.